The quantitative estimate of drug-likeness (QED) is 0.0282. The molecule has 7 rings (SSSR count). The molecule has 75 heavy (non-hydrogen) atoms. The van der Waals surface area contributed by atoms with Crippen LogP contribution in [0.25, 0.3) is 16.9 Å². The van der Waals surface area contributed by atoms with Crippen LogP contribution in [0.2, 0.25) is 0 Å². The molecular formula is C57H71N3O14S. The van der Waals surface area contributed by atoms with E-state index in [9.17, 15) is 27.4 Å². The van der Waals surface area contributed by atoms with Crippen LogP contribution in [0.3, 0.4) is 0 Å². The van der Waals surface area contributed by atoms with Gasteiger partial charge in [0.1, 0.15) is 28.2 Å². The van der Waals surface area contributed by atoms with E-state index < -0.39 is 33.3 Å². The molecule has 18 heteroatoms. The van der Waals surface area contributed by atoms with Gasteiger partial charge >= 0.3 is 5.97 Å². The first-order valence-corrected chi connectivity index (χ1v) is 27.1. The first-order valence-electron chi connectivity index (χ1n) is 25.7. The van der Waals surface area contributed by atoms with Crippen LogP contribution in [-0.4, -0.2) is 145 Å². The molecule has 1 fully saturated rings. The molecule has 4 aliphatic heterocycles. The van der Waals surface area contributed by atoms with Crippen molar-refractivity contribution in [1.82, 2.24) is 5.06 Å². The number of carbonyl (C=O) groups excluding carboxylic acids is 3. The SMILES string of the molecule is COCCOCCOCCOCCOCCOCCN1c2cc3c(cc2C(C)=CC1(C)C)/C(=C/C=C/C1=[N+](CCCCCC(=O)ON2C(=O)CCC2=O)c2ccc(S(=O)(=O)[O-])cc2C1(C)C)C=C(c1ccccc1)O3. The summed E-state index contributed by atoms with van der Waals surface area (Å²) in [5.41, 5.74) is 7.34. The normalized spacial score (nSPS) is 17.3. The number of rotatable bonds is 29. The maximum absolute atomic E-state index is 12.5. The molecule has 0 spiro atoms. The number of anilines is 1. The van der Waals surface area contributed by atoms with Crippen molar-refractivity contribution in [3.05, 3.63) is 113 Å². The number of nitrogens with zero attached hydrogens (tertiary/aromatic N) is 3. The standard InChI is InChI=1S/C57H71N3O14S/c1-41-40-56(2,3)59(24-25-68-28-29-70-32-33-72-35-34-71-31-30-69-27-26-67-6)49-39-51-46(38-45(41)49)43(36-50(73-51)42-14-9-7-10-15-42)16-13-17-52-57(4,5)47-37-44(75(64,65)66)19-20-48(47)58(52)23-12-8-11-18-55(63)74-60-53(61)21-22-54(60)62/h7,9-10,13-17,19-20,36-40H,8,11-12,18,21-35H2,1-6H3. The maximum atomic E-state index is 12.5. The number of hydrogen-bond donors (Lipinski definition) is 0. The largest absolute Gasteiger partial charge is 0.744 e. The lowest BCUT2D eigenvalue weighted by Crippen LogP contribution is -2.46. The molecule has 404 valence electrons. The lowest BCUT2D eigenvalue weighted by Gasteiger charge is -2.44. The summed E-state index contributed by atoms with van der Waals surface area (Å²) >= 11 is 0. The van der Waals surface area contributed by atoms with Crippen LogP contribution in [0.4, 0.5) is 11.4 Å². The van der Waals surface area contributed by atoms with E-state index in [0.717, 1.165) is 44.9 Å². The van der Waals surface area contributed by atoms with E-state index in [1.165, 1.54) is 12.1 Å². The van der Waals surface area contributed by atoms with Crippen molar-refractivity contribution in [2.75, 3.05) is 97.8 Å². The molecule has 4 aliphatic rings. The predicted octanol–water partition coefficient (Wildman–Crippen LogP) is 7.94. The number of fused-ring (bicyclic) bond motifs is 3. The Morgan fingerprint density at radius 1 is 0.787 bits per heavy atom. The third-order valence-corrected chi connectivity index (χ3v) is 14.3. The highest BCUT2D eigenvalue weighted by Gasteiger charge is 2.44. The van der Waals surface area contributed by atoms with E-state index in [1.807, 2.05) is 62.4 Å². The van der Waals surface area contributed by atoms with Crippen LogP contribution >= 0.6 is 0 Å². The summed E-state index contributed by atoms with van der Waals surface area (Å²) in [4.78, 5) is 43.5. The molecule has 17 nitrogen and oxygen atoms in total. The van der Waals surface area contributed by atoms with E-state index >= 15 is 0 Å². The van der Waals surface area contributed by atoms with Gasteiger partial charge in [-0.15, -0.1) is 5.06 Å². The number of methoxy groups -OCH3 is 1. The topological polar surface area (TPSA) is 192 Å². The number of allylic oxidation sites excluding steroid dienone is 6. The zero-order valence-corrected chi connectivity index (χ0v) is 44.9. The van der Waals surface area contributed by atoms with Gasteiger partial charge in [0.2, 0.25) is 5.69 Å². The van der Waals surface area contributed by atoms with E-state index in [0.29, 0.717) is 127 Å². The lowest BCUT2D eigenvalue weighted by molar-refractivity contribution is -0.438. The highest BCUT2D eigenvalue weighted by atomic mass is 32.2. The fourth-order valence-electron chi connectivity index (χ4n) is 9.67. The Labute approximate surface area is 441 Å². The Morgan fingerprint density at radius 2 is 1.41 bits per heavy atom. The summed E-state index contributed by atoms with van der Waals surface area (Å²) in [5.74, 6) is -0.300. The number of hydrogen-bond acceptors (Lipinski definition) is 15. The second kappa shape index (κ2) is 26.3. The van der Waals surface area contributed by atoms with Crippen molar-refractivity contribution in [1.29, 1.82) is 0 Å². The van der Waals surface area contributed by atoms with Gasteiger partial charge in [0.05, 0.1) is 88.5 Å². The fraction of sp³-hybridized carbons (Fsp3) is 0.474. The zero-order valence-electron chi connectivity index (χ0n) is 44.1. The van der Waals surface area contributed by atoms with Crippen LogP contribution in [0, 0.1) is 0 Å². The Bertz CT molecular complexity index is 2780. The van der Waals surface area contributed by atoms with Crippen molar-refractivity contribution in [3.63, 3.8) is 0 Å². The molecule has 3 aromatic rings. The number of unbranched alkanes of at least 4 members (excludes halogenated alkanes) is 2. The summed E-state index contributed by atoms with van der Waals surface area (Å²) in [6.07, 6.45) is 12.2. The summed E-state index contributed by atoms with van der Waals surface area (Å²) in [7, 11) is -3.08. The summed E-state index contributed by atoms with van der Waals surface area (Å²) in [6.45, 7) is 17.1. The van der Waals surface area contributed by atoms with Crippen molar-refractivity contribution >= 4 is 61.9 Å². The van der Waals surface area contributed by atoms with E-state index in [-0.39, 0.29) is 29.7 Å². The highest BCUT2D eigenvalue weighted by Crippen LogP contribution is 2.47. The molecule has 0 radical (unpaired) electrons. The first kappa shape index (κ1) is 56.9. The predicted molar refractivity (Wildman–Crippen MR) is 283 cm³/mol. The average molecular weight is 1050 g/mol. The molecule has 0 N–H and O–H groups in total. The molecule has 0 unspecified atom stereocenters. The Balaban J connectivity index is 1.05. The van der Waals surface area contributed by atoms with Gasteiger partial charge in [-0.2, -0.15) is 4.58 Å². The number of carbonyl (C=O) groups is 3. The number of ether oxygens (including phenoxy) is 7. The summed E-state index contributed by atoms with van der Waals surface area (Å²) in [5, 5.41) is 0.560. The summed E-state index contributed by atoms with van der Waals surface area (Å²) < 4.78 is 78.9. The van der Waals surface area contributed by atoms with Gasteiger partial charge in [0.25, 0.3) is 11.8 Å². The van der Waals surface area contributed by atoms with Crippen LogP contribution in [0.15, 0.2) is 95.9 Å². The lowest BCUT2D eigenvalue weighted by atomic mass is 9.81. The smallest absolute Gasteiger partial charge is 0.333 e. The fourth-order valence-corrected chi connectivity index (χ4v) is 10.2. The van der Waals surface area contributed by atoms with E-state index in [2.05, 4.69) is 54.5 Å². The summed E-state index contributed by atoms with van der Waals surface area (Å²) in [6, 6.07) is 18.8. The van der Waals surface area contributed by atoms with Gasteiger partial charge in [-0.3, -0.25) is 9.59 Å². The van der Waals surface area contributed by atoms with Crippen LogP contribution in [-0.2, 0) is 63.2 Å². The third kappa shape index (κ3) is 14.8. The minimum absolute atomic E-state index is 0.0243. The minimum Gasteiger partial charge on any atom is -0.744 e. The molecule has 0 saturated carbocycles. The number of hydroxylamine groups is 2. The van der Waals surface area contributed by atoms with E-state index in [4.69, 9.17) is 38.0 Å². The van der Waals surface area contributed by atoms with Gasteiger partial charge in [-0.25, -0.2) is 13.2 Å². The maximum Gasteiger partial charge on any atom is 0.333 e. The monoisotopic (exact) mass is 1050 g/mol. The molecule has 0 aliphatic carbocycles. The molecule has 0 atom stereocenters. The third-order valence-electron chi connectivity index (χ3n) is 13.5. The van der Waals surface area contributed by atoms with Crippen molar-refractivity contribution in [2.45, 2.75) is 89.0 Å². The van der Waals surface area contributed by atoms with Crippen molar-refractivity contribution < 1.29 is 69.9 Å². The number of benzene rings is 3. The molecule has 1 saturated heterocycles. The molecule has 3 aromatic carbocycles. The van der Waals surface area contributed by atoms with E-state index in [1.54, 1.807) is 13.2 Å². The Morgan fingerprint density at radius 3 is 2.04 bits per heavy atom. The second-order valence-electron chi connectivity index (χ2n) is 19.7. The number of imide groups is 1. The molecule has 0 aromatic heterocycles. The Hall–Kier alpha value is -5.83. The van der Waals surface area contributed by atoms with Crippen molar-refractivity contribution in [2.24, 2.45) is 0 Å². The van der Waals surface area contributed by atoms with Gasteiger partial charge in [0.15, 0.2) is 5.71 Å². The van der Waals surface area contributed by atoms with Crippen molar-refractivity contribution in [3.8, 4) is 5.75 Å². The molecule has 4 heterocycles. The zero-order chi connectivity index (χ0) is 53.6. The average Bonchev–Trinajstić information content (AvgIpc) is 3.80. The van der Waals surface area contributed by atoms with Crippen LogP contribution < -0.4 is 9.64 Å². The highest BCUT2D eigenvalue weighted by molar-refractivity contribution is 7.85. The minimum atomic E-state index is -4.72. The van der Waals surface area contributed by atoms with Gasteiger partial charge in [0, 0.05) is 85.5 Å². The second-order valence-corrected chi connectivity index (χ2v) is 21.0. The molecular weight excluding hydrogens is 983 g/mol. The van der Waals surface area contributed by atoms with Gasteiger partial charge in [-0.1, -0.05) is 48.6 Å². The number of amides is 2. The first-order chi connectivity index (χ1) is 36.0. The van der Waals surface area contributed by atoms with Gasteiger partial charge < -0.3 is 47.4 Å². The van der Waals surface area contributed by atoms with Crippen LogP contribution in [0.5, 0.6) is 5.75 Å². The molecule has 2 amide bonds. The molecule has 0 bridgehead atoms. The van der Waals surface area contributed by atoms with Gasteiger partial charge in [-0.05, 0) is 82.9 Å². The van der Waals surface area contributed by atoms with Crippen LogP contribution in [0.1, 0.15) is 95.4 Å². The Kier molecular flexibility index (Phi) is 19.9.